The van der Waals surface area contributed by atoms with Crippen LogP contribution in [0.1, 0.15) is 26.7 Å². The van der Waals surface area contributed by atoms with Crippen LogP contribution in [0, 0.1) is 17.3 Å². The van der Waals surface area contributed by atoms with Gasteiger partial charge in [-0.05, 0) is 24.7 Å². The first-order chi connectivity index (χ1) is 5.45. The van der Waals surface area contributed by atoms with E-state index in [4.69, 9.17) is 10.8 Å². The Labute approximate surface area is 71.9 Å². The number of hydrogen-bond donors (Lipinski definition) is 2. The average molecular weight is 169 g/mol. The lowest BCUT2D eigenvalue weighted by molar-refractivity contribution is -0.145. The van der Waals surface area contributed by atoms with Gasteiger partial charge < -0.3 is 10.8 Å². The van der Waals surface area contributed by atoms with Crippen molar-refractivity contribution in [3.63, 3.8) is 0 Å². The number of aliphatic carboxylic acids is 1. The SMILES string of the molecule is CC1CC1(N)C1(C(=O)O)CC1C. The molecule has 0 aromatic heterocycles. The van der Waals surface area contributed by atoms with Gasteiger partial charge in [-0.1, -0.05) is 13.8 Å². The monoisotopic (exact) mass is 169 g/mol. The van der Waals surface area contributed by atoms with Crippen molar-refractivity contribution in [3.05, 3.63) is 0 Å². The highest BCUT2D eigenvalue weighted by atomic mass is 16.4. The number of carbonyl (C=O) groups is 1. The van der Waals surface area contributed by atoms with Crippen LogP contribution in [-0.4, -0.2) is 16.6 Å². The maximum Gasteiger partial charge on any atom is 0.311 e. The van der Waals surface area contributed by atoms with Crippen molar-refractivity contribution in [1.29, 1.82) is 0 Å². The Morgan fingerprint density at radius 2 is 1.83 bits per heavy atom. The first-order valence-electron chi connectivity index (χ1n) is 4.47. The van der Waals surface area contributed by atoms with E-state index in [1.165, 1.54) is 0 Å². The van der Waals surface area contributed by atoms with E-state index in [9.17, 15) is 4.79 Å². The number of hydrogen-bond acceptors (Lipinski definition) is 2. The maximum absolute atomic E-state index is 11.0. The highest BCUT2D eigenvalue weighted by Crippen LogP contribution is 2.68. The van der Waals surface area contributed by atoms with E-state index in [-0.39, 0.29) is 5.92 Å². The molecule has 2 fully saturated rings. The molecule has 3 heteroatoms. The second-order valence-electron chi connectivity index (χ2n) is 4.53. The Hall–Kier alpha value is -0.570. The van der Waals surface area contributed by atoms with Crippen LogP contribution in [0.3, 0.4) is 0 Å². The largest absolute Gasteiger partial charge is 0.481 e. The van der Waals surface area contributed by atoms with Crippen LogP contribution in [0.4, 0.5) is 0 Å². The second-order valence-corrected chi connectivity index (χ2v) is 4.53. The van der Waals surface area contributed by atoms with E-state index in [1.54, 1.807) is 0 Å². The highest BCUT2D eigenvalue weighted by molar-refractivity contribution is 5.81. The Bertz CT molecular complexity index is 253. The van der Waals surface area contributed by atoms with Crippen molar-refractivity contribution in [1.82, 2.24) is 0 Å². The molecule has 68 valence electrons. The third-order valence-corrected chi connectivity index (χ3v) is 3.88. The van der Waals surface area contributed by atoms with Crippen molar-refractivity contribution >= 4 is 5.97 Å². The van der Waals surface area contributed by atoms with Crippen molar-refractivity contribution in [2.45, 2.75) is 32.2 Å². The number of nitrogens with two attached hydrogens (primary N) is 1. The van der Waals surface area contributed by atoms with E-state index in [0.29, 0.717) is 5.92 Å². The molecule has 0 aromatic rings. The quantitative estimate of drug-likeness (QED) is 0.643. The summed E-state index contributed by atoms with van der Waals surface area (Å²) in [5.41, 5.74) is 5.07. The summed E-state index contributed by atoms with van der Waals surface area (Å²) in [5.74, 6) is -0.0367. The average Bonchev–Trinajstić information content (AvgIpc) is 2.75. The van der Waals surface area contributed by atoms with Crippen LogP contribution in [0.2, 0.25) is 0 Å². The zero-order valence-electron chi connectivity index (χ0n) is 7.50. The van der Waals surface area contributed by atoms with E-state index >= 15 is 0 Å². The van der Waals surface area contributed by atoms with E-state index in [1.807, 2.05) is 13.8 Å². The molecule has 12 heavy (non-hydrogen) atoms. The summed E-state index contributed by atoms with van der Waals surface area (Å²) >= 11 is 0. The third-order valence-electron chi connectivity index (χ3n) is 3.88. The van der Waals surface area contributed by atoms with Crippen LogP contribution < -0.4 is 5.73 Å². The van der Waals surface area contributed by atoms with Crippen molar-refractivity contribution < 1.29 is 9.90 Å². The molecule has 2 saturated carbocycles. The van der Waals surface area contributed by atoms with Gasteiger partial charge in [-0.2, -0.15) is 0 Å². The summed E-state index contributed by atoms with van der Waals surface area (Å²) in [6.45, 7) is 4.02. The first kappa shape index (κ1) is 8.05. The highest BCUT2D eigenvalue weighted by Gasteiger charge is 2.75. The molecule has 2 aliphatic rings. The molecule has 0 heterocycles. The predicted octanol–water partition coefficient (Wildman–Crippen LogP) is 0.834. The van der Waals surface area contributed by atoms with Crippen LogP contribution in [-0.2, 0) is 4.79 Å². The molecular weight excluding hydrogens is 154 g/mol. The molecule has 0 radical (unpaired) electrons. The van der Waals surface area contributed by atoms with Gasteiger partial charge in [0, 0.05) is 5.54 Å². The van der Waals surface area contributed by atoms with Gasteiger partial charge in [-0.15, -0.1) is 0 Å². The molecule has 0 spiro atoms. The minimum atomic E-state index is -0.693. The Kier molecular flexibility index (Phi) is 1.24. The Morgan fingerprint density at radius 3 is 1.92 bits per heavy atom. The molecule has 0 aromatic carbocycles. The minimum absolute atomic E-state index is 0.268. The minimum Gasteiger partial charge on any atom is -0.481 e. The van der Waals surface area contributed by atoms with Crippen molar-refractivity contribution in [2.24, 2.45) is 23.0 Å². The number of carboxylic acids is 1. The van der Waals surface area contributed by atoms with Crippen molar-refractivity contribution in [3.8, 4) is 0 Å². The summed E-state index contributed by atoms with van der Waals surface area (Å²) in [4.78, 5) is 11.0. The second kappa shape index (κ2) is 1.84. The smallest absolute Gasteiger partial charge is 0.311 e. The maximum atomic E-state index is 11.0. The summed E-state index contributed by atoms with van der Waals surface area (Å²) < 4.78 is 0. The zero-order chi connectivity index (χ0) is 9.15. The summed E-state index contributed by atoms with van der Waals surface area (Å²) in [6, 6.07) is 0. The molecular formula is C9H15NO2. The lowest BCUT2D eigenvalue weighted by Crippen LogP contribution is -2.42. The van der Waals surface area contributed by atoms with Gasteiger partial charge in [0.1, 0.15) is 0 Å². The van der Waals surface area contributed by atoms with Crippen LogP contribution in [0.15, 0.2) is 0 Å². The zero-order valence-corrected chi connectivity index (χ0v) is 7.50. The molecule has 0 bridgehead atoms. The Balaban J connectivity index is 2.27. The van der Waals surface area contributed by atoms with E-state index in [0.717, 1.165) is 12.8 Å². The van der Waals surface area contributed by atoms with Crippen LogP contribution in [0.5, 0.6) is 0 Å². The first-order valence-corrected chi connectivity index (χ1v) is 4.47. The van der Waals surface area contributed by atoms with Gasteiger partial charge in [0.05, 0.1) is 5.41 Å². The third kappa shape index (κ3) is 0.637. The molecule has 3 nitrogen and oxygen atoms in total. The Morgan fingerprint density at radius 1 is 1.42 bits per heavy atom. The summed E-state index contributed by atoms with van der Waals surface area (Å²) in [7, 11) is 0. The molecule has 0 saturated heterocycles. The van der Waals surface area contributed by atoms with Gasteiger partial charge in [0.2, 0.25) is 0 Å². The van der Waals surface area contributed by atoms with Gasteiger partial charge in [0.25, 0.3) is 0 Å². The standard InChI is InChI=1S/C9H15NO2/c1-5-3-8(5,7(11)12)9(10)4-6(9)2/h5-6H,3-4,10H2,1-2H3,(H,11,12). The molecule has 4 unspecified atom stereocenters. The summed E-state index contributed by atoms with van der Waals surface area (Å²) in [5, 5.41) is 9.09. The lowest BCUT2D eigenvalue weighted by atomic mass is 9.90. The van der Waals surface area contributed by atoms with Gasteiger partial charge in [-0.3, -0.25) is 4.79 Å². The van der Waals surface area contributed by atoms with Crippen LogP contribution in [0.25, 0.3) is 0 Å². The van der Waals surface area contributed by atoms with Crippen LogP contribution >= 0.6 is 0 Å². The molecule has 3 N–H and O–H groups in total. The molecule has 0 amide bonds. The topological polar surface area (TPSA) is 63.3 Å². The van der Waals surface area contributed by atoms with Crippen molar-refractivity contribution in [2.75, 3.05) is 0 Å². The fourth-order valence-electron chi connectivity index (χ4n) is 2.64. The van der Waals surface area contributed by atoms with Gasteiger partial charge >= 0.3 is 5.97 Å². The number of rotatable bonds is 2. The van der Waals surface area contributed by atoms with Gasteiger partial charge in [0.15, 0.2) is 0 Å². The lowest BCUT2D eigenvalue weighted by Gasteiger charge is -2.20. The number of carboxylic acid groups (broad SMARTS) is 1. The normalized spacial score (nSPS) is 56.6. The molecule has 4 atom stereocenters. The van der Waals surface area contributed by atoms with E-state index < -0.39 is 16.9 Å². The molecule has 2 rings (SSSR count). The fraction of sp³-hybridized carbons (Fsp3) is 0.889. The van der Waals surface area contributed by atoms with Gasteiger partial charge in [-0.25, -0.2) is 0 Å². The fourth-order valence-corrected chi connectivity index (χ4v) is 2.64. The molecule has 0 aliphatic heterocycles. The van der Waals surface area contributed by atoms with E-state index in [2.05, 4.69) is 0 Å². The summed E-state index contributed by atoms with van der Waals surface area (Å²) in [6.07, 6.45) is 1.65. The predicted molar refractivity (Wildman–Crippen MR) is 44.5 cm³/mol. The molecule has 2 aliphatic carbocycles.